The summed E-state index contributed by atoms with van der Waals surface area (Å²) in [5.41, 5.74) is -2.04. The largest absolute Gasteiger partial charge is 0.519 e. The molecule has 0 fully saturated rings. The van der Waals surface area contributed by atoms with Crippen LogP contribution in [0.1, 0.15) is 50.5 Å². The molecule has 0 unspecified atom stereocenters. The highest BCUT2D eigenvalue weighted by Gasteiger charge is 2.35. The number of benzene rings is 2. The molecule has 0 bridgehead atoms. The number of halogens is 2. The maximum absolute atomic E-state index is 13.2. The van der Waals surface area contributed by atoms with Crippen LogP contribution in [0.4, 0.5) is 16.2 Å². The van der Waals surface area contributed by atoms with Gasteiger partial charge in [0.25, 0.3) is 11.4 Å². The number of nitro benzene ring substituents is 2. The van der Waals surface area contributed by atoms with Gasteiger partial charge in [-0.2, -0.15) is 0 Å². The van der Waals surface area contributed by atoms with Crippen LogP contribution in [-0.4, -0.2) is 35.9 Å². The van der Waals surface area contributed by atoms with Gasteiger partial charge in [-0.25, -0.2) is 24.7 Å². The minimum Gasteiger partial charge on any atom is -0.394 e. The minimum atomic E-state index is -1.18. The van der Waals surface area contributed by atoms with Gasteiger partial charge in [0.2, 0.25) is 0 Å². The van der Waals surface area contributed by atoms with E-state index in [1.807, 2.05) is 0 Å². The number of hydrogen-bond donors (Lipinski definition) is 0. The van der Waals surface area contributed by atoms with Crippen molar-refractivity contribution in [3.8, 4) is 11.5 Å². The molecule has 0 saturated heterocycles. The zero-order chi connectivity index (χ0) is 30.8. The number of nitrogens with zero attached hydrogens (tertiary/aromatic N) is 6. The quantitative estimate of drug-likeness (QED) is 0.0814. The number of ether oxygens (including phenoxy) is 2. The molecule has 0 aliphatic rings. The van der Waals surface area contributed by atoms with Crippen LogP contribution in [-0.2, 0) is 10.8 Å². The van der Waals surface area contributed by atoms with Crippen molar-refractivity contribution in [2.75, 3.05) is 0 Å². The molecule has 2 heterocycles. The topological polar surface area (TPSA) is 173 Å². The fraction of sp³-hybridized carbons (Fsp3) is 0.222. The number of rotatable bonds is 8. The van der Waals surface area contributed by atoms with Crippen LogP contribution in [0.5, 0.6) is 11.5 Å². The molecule has 216 valence electrons. The molecule has 0 aliphatic heterocycles. The summed E-state index contributed by atoms with van der Waals surface area (Å²) in [4.78, 5) is 52.4. The van der Waals surface area contributed by atoms with Crippen LogP contribution >= 0.6 is 31.9 Å². The lowest BCUT2D eigenvalue weighted by Gasteiger charge is -2.26. The lowest BCUT2D eigenvalue weighted by molar-refractivity contribution is -0.385. The van der Waals surface area contributed by atoms with Crippen LogP contribution in [0.25, 0.3) is 0 Å². The van der Waals surface area contributed by atoms with Crippen molar-refractivity contribution in [3.63, 3.8) is 0 Å². The fourth-order valence-corrected chi connectivity index (χ4v) is 4.54. The monoisotopic (exact) mass is 700 g/mol. The average molecular weight is 702 g/mol. The zero-order valence-electron chi connectivity index (χ0n) is 22.6. The maximum Gasteiger partial charge on any atom is 0.519 e. The first-order valence-corrected chi connectivity index (χ1v) is 13.7. The van der Waals surface area contributed by atoms with E-state index in [1.54, 1.807) is 27.7 Å². The van der Waals surface area contributed by atoms with Gasteiger partial charge in [0.15, 0.2) is 0 Å². The summed E-state index contributed by atoms with van der Waals surface area (Å²) in [5.74, 6) is 0.582. The Labute approximate surface area is 255 Å². The van der Waals surface area contributed by atoms with E-state index in [4.69, 9.17) is 9.47 Å². The van der Waals surface area contributed by atoms with Gasteiger partial charge in [-0.15, -0.1) is 0 Å². The molecule has 0 amide bonds. The minimum absolute atomic E-state index is 0.0268. The fourth-order valence-electron chi connectivity index (χ4n) is 4.13. The van der Waals surface area contributed by atoms with E-state index < -0.39 is 26.8 Å². The Bertz CT molecular complexity index is 1560. The maximum atomic E-state index is 13.2. The predicted octanol–water partition coefficient (Wildman–Crippen LogP) is 6.84. The summed E-state index contributed by atoms with van der Waals surface area (Å²) >= 11 is 6.56. The first-order valence-electron chi connectivity index (χ1n) is 12.1. The van der Waals surface area contributed by atoms with Gasteiger partial charge < -0.3 is 9.47 Å². The van der Waals surface area contributed by atoms with Gasteiger partial charge in [-0.05, 0) is 71.7 Å². The molecular weight excluding hydrogens is 680 g/mol. The highest BCUT2D eigenvalue weighted by atomic mass is 79.9. The molecule has 0 spiro atoms. The van der Waals surface area contributed by atoms with Gasteiger partial charge in [-0.1, -0.05) is 0 Å². The molecule has 0 atom stereocenters. The first kappa shape index (κ1) is 30.6. The number of non-ortho nitro benzene ring substituents is 2. The van der Waals surface area contributed by atoms with Crippen LogP contribution in [0.15, 0.2) is 70.1 Å². The molecule has 2 aromatic heterocycles. The summed E-state index contributed by atoms with van der Waals surface area (Å²) in [6.45, 7) is 6.90. The smallest absolute Gasteiger partial charge is 0.394 e. The van der Waals surface area contributed by atoms with Gasteiger partial charge in [0.1, 0.15) is 23.1 Å². The molecule has 42 heavy (non-hydrogen) atoms. The van der Waals surface area contributed by atoms with Crippen molar-refractivity contribution in [2.45, 2.75) is 38.5 Å². The van der Waals surface area contributed by atoms with Crippen molar-refractivity contribution >= 4 is 49.4 Å². The second kappa shape index (κ2) is 11.9. The third-order valence-electron chi connectivity index (χ3n) is 6.44. The highest BCUT2D eigenvalue weighted by molar-refractivity contribution is 9.10. The van der Waals surface area contributed by atoms with Gasteiger partial charge in [0, 0.05) is 60.2 Å². The summed E-state index contributed by atoms with van der Waals surface area (Å²) in [6.07, 6.45) is 4.94. The molecule has 13 nitrogen and oxygen atoms in total. The Hall–Kier alpha value is -4.37. The molecule has 4 rings (SSSR count). The Morgan fingerprint density at radius 3 is 1.33 bits per heavy atom. The molecule has 0 N–H and O–H groups in total. The van der Waals surface area contributed by atoms with Gasteiger partial charge >= 0.3 is 6.16 Å². The van der Waals surface area contributed by atoms with Crippen LogP contribution < -0.4 is 9.47 Å². The first-order chi connectivity index (χ1) is 19.7. The van der Waals surface area contributed by atoms with Crippen LogP contribution in [0, 0.1) is 20.2 Å². The van der Waals surface area contributed by atoms with E-state index in [2.05, 4.69) is 51.8 Å². The Morgan fingerprint density at radius 2 is 1.02 bits per heavy atom. The average Bonchev–Trinajstić information content (AvgIpc) is 2.93. The van der Waals surface area contributed by atoms with E-state index in [9.17, 15) is 25.0 Å². The Kier molecular flexibility index (Phi) is 8.63. The standard InChI is InChI=1S/C27H22Br2N6O7/c1-26(2,23-30-11-15(28)12-31-23)19-9-17(34(37)38)5-7-21(19)41-25(36)42-22-8-6-18(35(39)40)10-20(22)27(3,4)24-32-13-16(29)14-33-24/h5-14H,1-4H3. The number of carbonyl (C=O) groups excluding carboxylic acids is 1. The normalized spacial score (nSPS) is 11.6. The van der Waals surface area contributed by atoms with Crippen molar-refractivity contribution in [1.82, 2.24) is 19.9 Å². The van der Waals surface area contributed by atoms with Crippen molar-refractivity contribution in [3.05, 3.63) is 113 Å². The molecule has 0 radical (unpaired) electrons. The predicted molar refractivity (Wildman–Crippen MR) is 157 cm³/mol. The van der Waals surface area contributed by atoms with Crippen molar-refractivity contribution in [1.29, 1.82) is 0 Å². The lowest BCUT2D eigenvalue weighted by atomic mass is 9.82. The SMILES string of the molecule is CC(C)(c1ncc(Br)cn1)c1cc([N+](=O)[O-])ccc1OC(=O)Oc1ccc([N+](=O)[O-])cc1C(C)(C)c1ncc(Br)cn1. The van der Waals surface area contributed by atoms with Crippen molar-refractivity contribution < 1.29 is 24.1 Å². The Morgan fingerprint density at radius 1 is 0.690 bits per heavy atom. The molecule has 4 aromatic rings. The summed E-state index contributed by atoms with van der Waals surface area (Å²) in [6, 6.07) is 7.50. The molecule has 15 heteroatoms. The number of nitro groups is 2. The third kappa shape index (κ3) is 6.41. The van der Waals surface area contributed by atoms with E-state index >= 15 is 0 Å². The summed E-state index contributed by atoms with van der Waals surface area (Å²) in [5, 5.41) is 23.1. The second-order valence-corrected chi connectivity index (χ2v) is 11.9. The summed E-state index contributed by atoms with van der Waals surface area (Å²) < 4.78 is 12.4. The number of aromatic nitrogens is 4. The molecular formula is C27H22Br2N6O7. The van der Waals surface area contributed by atoms with Crippen LogP contribution in [0.3, 0.4) is 0 Å². The van der Waals surface area contributed by atoms with Crippen LogP contribution in [0.2, 0.25) is 0 Å². The van der Waals surface area contributed by atoms with E-state index in [0.717, 1.165) is 0 Å². The zero-order valence-corrected chi connectivity index (χ0v) is 25.7. The molecule has 2 aromatic carbocycles. The molecule has 0 saturated carbocycles. The summed E-state index contributed by atoms with van der Waals surface area (Å²) in [7, 11) is 0. The Balaban J connectivity index is 1.72. The van der Waals surface area contributed by atoms with Gasteiger partial charge in [0.05, 0.1) is 29.6 Å². The van der Waals surface area contributed by atoms with Crippen molar-refractivity contribution in [2.24, 2.45) is 0 Å². The van der Waals surface area contributed by atoms with E-state index in [-0.39, 0.29) is 34.0 Å². The highest BCUT2D eigenvalue weighted by Crippen LogP contribution is 2.40. The number of carbonyl (C=O) groups is 1. The third-order valence-corrected chi connectivity index (χ3v) is 7.26. The van der Waals surface area contributed by atoms with E-state index in [1.165, 1.54) is 61.2 Å². The second-order valence-electron chi connectivity index (χ2n) is 10.0. The van der Waals surface area contributed by atoms with Gasteiger partial charge in [-0.3, -0.25) is 20.2 Å². The lowest BCUT2D eigenvalue weighted by Crippen LogP contribution is -2.26. The molecule has 0 aliphatic carbocycles. The number of hydrogen-bond acceptors (Lipinski definition) is 11. The van der Waals surface area contributed by atoms with E-state index in [0.29, 0.717) is 20.6 Å².